The third-order valence-corrected chi connectivity index (χ3v) is 3.80. The van der Waals surface area contributed by atoms with Gasteiger partial charge < -0.3 is 14.5 Å². The molecule has 0 aliphatic heterocycles. The van der Waals surface area contributed by atoms with Gasteiger partial charge in [-0.05, 0) is 44.9 Å². The van der Waals surface area contributed by atoms with E-state index in [1.54, 1.807) is 13.2 Å². The van der Waals surface area contributed by atoms with Crippen molar-refractivity contribution in [3.8, 4) is 5.75 Å². The number of rotatable bonds is 9. The van der Waals surface area contributed by atoms with Gasteiger partial charge in [0.15, 0.2) is 5.78 Å². The zero-order valence-corrected chi connectivity index (χ0v) is 15.3. The first-order valence-corrected chi connectivity index (χ1v) is 7.94. The molecule has 0 radical (unpaired) electrons. The number of ether oxygens (including phenoxy) is 1. The fourth-order valence-electron chi connectivity index (χ4n) is 2.32. The van der Waals surface area contributed by atoms with Crippen molar-refractivity contribution in [3.63, 3.8) is 0 Å². The van der Waals surface area contributed by atoms with Crippen LogP contribution in [0.5, 0.6) is 5.75 Å². The summed E-state index contributed by atoms with van der Waals surface area (Å²) in [5, 5.41) is 0. The number of carbonyl (C=O) groups is 1. The summed E-state index contributed by atoms with van der Waals surface area (Å²) in [6.07, 6.45) is 3.55. The lowest BCUT2D eigenvalue weighted by atomic mass is 9.87. The van der Waals surface area contributed by atoms with Crippen molar-refractivity contribution in [2.75, 3.05) is 47.9 Å². The molecule has 1 rings (SSSR count). The summed E-state index contributed by atoms with van der Waals surface area (Å²) >= 11 is 0. The predicted octanol–water partition coefficient (Wildman–Crippen LogP) is 2.80. The Kier molecular flexibility index (Phi) is 7.46. The number of nitrogens with zero attached hydrogens (tertiary/aromatic N) is 2. The lowest BCUT2D eigenvalue weighted by molar-refractivity contribution is -0.122. The van der Waals surface area contributed by atoms with E-state index in [1.807, 2.05) is 44.2 Å². The normalized spacial score (nSPS) is 12.3. The van der Waals surface area contributed by atoms with Gasteiger partial charge in [-0.3, -0.25) is 4.79 Å². The molecule has 0 heterocycles. The van der Waals surface area contributed by atoms with E-state index < -0.39 is 5.41 Å². The van der Waals surface area contributed by atoms with Crippen molar-refractivity contribution in [2.45, 2.75) is 13.8 Å². The third-order valence-electron chi connectivity index (χ3n) is 3.80. The third kappa shape index (κ3) is 6.97. The molecule has 128 valence electrons. The van der Waals surface area contributed by atoms with Gasteiger partial charge in [0.05, 0.1) is 7.11 Å². The second-order valence-corrected chi connectivity index (χ2v) is 6.90. The predicted molar refractivity (Wildman–Crippen MR) is 96.9 cm³/mol. The van der Waals surface area contributed by atoms with Crippen LogP contribution in [0.15, 0.2) is 30.3 Å². The maximum Gasteiger partial charge on any atom is 0.162 e. The summed E-state index contributed by atoms with van der Waals surface area (Å²) in [7, 11) is 7.82. The highest BCUT2D eigenvalue weighted by Crippen LogP contribution is 2.20. The molecule has 4 heteroatoms. The van der Waals surface area contributed by atoms with Crippen LogP contribution in [-0.4, -0.2) is 63.5 Å². The maximum absolute atomic E-state index is 12.5. The van der Waals surface area contributed by atoms with Crippen molar-refractivity contribution in [2.24, 2.45) is 5.41 Å². The summed E-state index contributed by atoms with van der Waals surface area (Å²) in [5.74, 6) is 0.960. The first-order chi connectivity index (χ1) is 10.7. The molecule has 0 unspecified atom stereocenters. The van der Waals surface area contributed by atoms with E-state index >= 15 is 0 Å². The Labute approximate surface area is 140 Å². The number of benzene rings is 1. The van der Waals surface area contributed by atoms with E-state index in [2.05, 4.69) is 30.9 Å². The van der Waals surface area contributed by atoms with Gasteiger partial charge in [-0.2, -0.15) is 0 Å². The van der Waals surface area contributed by atoms with Gasteiger partial charge in [-0.1, -0.05) is 32.1 Å². The van der Waals surface area contributed by atoms with Crippen molar-refractivity contribution >= 4 is 11.9 Å². The van der Waals surface area contributed by atoms with Gasteiger partial charge >= 0.3 is 0 Å². The Hall–Kier alpha value is -1.65. The second-order valence-electron chi connectivity index (χ2n) is 6.90. The fraction of sp³-hybridized carbons (Fsp3) is 0.526. The molecule has 23 heavy (non-hydrogen) atoms. The molecule has 0 N–H and O–H groups in total. The van der Waals surface area contributed by atoms with Crippen molar-refractivity contribution in [1.29, 1.82) is 0 Å². The molecule has 0 saturated heterocycles. The molecule has 0 fully saturated rings. The minimum Gasteiger partial charge on any atom is -0.497 e. The molecule has 0 amide bonds. The molecular formula is C19H30N2O2. The molecular weight excluding hydrogens is 288 g/mol. The number of hydrogen-bond donors (Lipinski definition) is 0. The largest absolute Gasteiger partial charge is 0.497 e. The van der Waals surface area contributed by atoms with Crippen LogP contribution in [0.1, 0.15) is 19.4 Å². The van der Waals surface area contributed by atoms with E-state index in [0.29, 0.717) is 0 Å². The highest BCUT2D eigenvalue weighted by atomic mass is 16.5. The summed E-state index contributed by atoms with van der Waals surface area (Å²) < 4.78 is 5.13. The van der Waals surface area contributed by atoms with E-state index in [1.165, 1.54) is 0 Å². The first-order valence-electron chi connectivity index (χ1n) is 7.94. The molecule has 0 aliphatic carbocycles. The van der Waals surface area contributed by atoms with Gasteiger partial charge in [-0.15, -0.1) is 0 Å². The minimum absolute atomic E-state index is 0.144. The maximum atomic E-state index is 12.5. The van der Waals surface area contributed by atoms with Gasteiger partial charge in [0, 0.05) is 25.0 Å². The number of likely N-dealkylation sites (N-methyl/N-ethyl adjacent to an activating group) is 2. The number of methoxy groups -OCH3 is 1. The monoisotopic (exact) mass is 318 g/mol. The molecule has 0 aliphatic rings. The summed E-state index contributed by atoms with van der Waals surface area (Å²) in [5.41, 5.74) is 0.597. The minimum atomic E-state index is -0.399. The van der Waals surface area contributed by atoms with Crippen LogP contribution >= 0.6 is 0 Å². The van der Waals surface area contributed by atoms with Crippen LogP contribution in [0.3, 0.4) is 0 Å². The quantitative estimate of drug-likeness (QED) is 0.656. The van der Waals surface area contributed by atoms with Gasteiger partial charge in [0.2, 0.25) is 0 Å². The van der Waals surface area contributed by atoms with Crippen LogP contribution in [0, 0.1) is 5.41 Å². The van der Waals surface area contributed by atoms with Crippen LogP contribution in [-0.2, 0) is 4.79 Å². The van der Waals surface area contributed by atoms with Crippen LogP contribution in [0.2, 0.25) is 0 Å². The Morgan fingerprint density at radius 3 is 2.26 bits per heavy atom. The van der Waals surface area contributed by atoms with Crippen molar-refractivity contribution in [1.82, 2.24) is 9.80 Å². The number of hydrogen-bond acceptors (Lipinski definition) is 4. The fourth-order valence-corrected chi connectivity index (χ4v) is 2.32. The van der Waals surface area contributed by atoms with E-state index in [4.69, 9.17) is 4.74 Å². The topological polar surface area (TPSA) is 32.8 Å². The van der Waals surface area contributed by atoms with Crippen molar-refractivity contribution < 1.29 is 9.53 Å². The lowest BCUT2D eigenvalue weighted by Crippen LogP contribution is -2.39. The Balaban J connectivity index is 2.60. The number of ketones is 1. The van der Waals surface area contributed by atoms with Gasteiger partial charge in [0.25, 0.3) is 0 Å². The molecule has 0 bridgehead atoms. The van der Waals surface area contributed by atoms with E-state index in [9.17, 15) is 4.79 Å². The van der Waals surface area contributed by atoms with Crippen LogP contribution in [0.4, 0.5) is 0 Å². The van der Waals surface area contributed by atoms with Crippen molar-refractivity contribution in [3.05, 3.63) is 35.9 Å². The van der Waals surface area contributed by atoms with E-state index in [0.717, 1.165) is 30.9 Å². The average molecular weight is 318 g/mol. The Morgan fingerprint density at radius 1 is 1.13 bits per heavy atom. The Bertz CT molecular complexity index is 519. The number of allylic oxidation sites excluding steroid dienone is 1. The van der Waals surface area contributed by atoms with E-state index in [-0.39, 0.29) is 5.78 Å². The highest BCUT2D eigenvalue weighted by Gasteiger charge is 2.26. The molecule has 0 aromatic heterocycles. The second kappa shape index (κ2) is 8.85. The van der Waals surface area contributed by atoms with Gasteiger partial charge in [-0.25, -0.2) is 0 Å². The molecule has 1 aromatic rings. The summed E-state index contributed by atoms with van der Waals surface area (Å²) in [6, 6.07) is 7.67. The zero-order chi connectivity index (χ0) is 17.5. The average Bonchev–Trinajstić information content (AvgIpc) is 2.50. The smallest absolute Gasteiger partial charge is 0.162 e. The first kappa shape index (κ1) is 19.4. The molecule has 0 atom stereocenters. The standard InChI is InChI=1S/C19H30N2O2/c1-19(2,15-21(5)14-13-20(3)4)18(22)12-9-16-7-10-17(23-6)11-8-16/h7-12H,13-15H2,1-6H3. The molecule has 4 nitrogen and oxygen atoms in total. The zero-order valence-electron chi connectivity index (χ0n) is 15.3. The van der Waals surface area contributed by atoms with Gasteiger partial charge in [0.1, 0.15) is 5.75 Å². The van der Waals surface area contributed by atoms with Crippen LogP contribution in [0.25, 0.3) is 6.08 Å². The SMILES string of the molecule is COc1ccc(C=CC(=O)C(C)(C)CN(C)CCN(C)C)cc1. The van der Waals surface area contributed by atoms with Crippen LogP contribution < -0.4 is 4.74 Å². The molecule has 0 spiro atoms. The highest BCUT2D eigenvalue weighted by molar-refractivity contribution is 5.97. The summed E-state index contributed by atoms with van der Waals surface area (Å²) in [4.78, 5) is 16.8. The Morgan fingerprint density at radius 2 is 1.74 bits per heavy atom. The molecule has 0 saturated carbocycles. The summed E-state index contributed by atoms with van der Waals surface area (Å²) in [6.45, 7) is 6.68. The lowest BCUT2D eigenvalue weighted by Gasteiger charge is -2.28. The number of carbonyl (C=O) groups excluding carboxylic acids is 1. The molecule has 1 aromatic carbocycles.